The molecule has 0 aliphatic heterocycles. The van der Waals surface area contributed by atoms with E-state index in [0.717, 1.165) is 0 Å². The quantitative estimate of drug-likeness (QED) is 0.181. The normalized spacial score (nSPS) is 10.8. The van der Waals surface area contributed by atoms with Crippen LogP contribution in [0.15, 0.2) is 72.3 Å². The van der Waals surface area contributed by atoms with Gasteiger partial charge in [0.2, 0.25) is 0 Å². The van der Waals surface area contributed by atoms with Crippen LogP contribution in [0.25, 0.3) is 6.08 Å². The third-order valence-electron chi connectivity index (χ3n) is 4.57. The van der Waals surface area contributed by atoms with Gasteiger partial charge in [-0.25, -0.2) is 0 Å². The molecule has 34 heavy (non-hydrogen) atoms. The lowest BCUT2D eigenvalue weighted by molar-refractivity contribution is -0.384. The molecule has 1 N–H and O–H groups in total. The first kappa shape index (κ1) is 24.3. The van der Waals surface area contributed by atoms with Gasteiger partial charge in [0.15, 0.2) is 11.5 Å². The number of rotatable bonds is 9. The number of nitrogens with zero attached hydrogens (tertiary/aromatic N) is 2. The van der Waals surface area contributed by atoms with E-state index in [0.29, 0.717) is 29.2 Å². The molecule has 1 amide bonds. The maximum atomic E-state index is 12.5. The summed E-state index contributed by atoms with van der Waals surface area (Å²) in [6, 6.07) is 19.8. The van der Waals surface area contributed by atoms with Crippen LogP contribution in [0.2, 0.25) is 5.02 Å². The third-order valence-corrected chi connectivity index (χ3v) is 4.85. The maximum absolute atomic E-state index is 12.5. The summed E-state index contributed by atoms with van der Waals surface area (Å²) < 4.78 is 11.5. The summed E-state index contributed by atoms with van der Waals surface area (Å²) in [5.74, 6) is 0.0662. The molecule has 0 aliphatic carbocycles. The smallest absolute Gasteiger partial charge is 0.269 e. The van der Waals surface area contributed by atoms with E-state index in [9.17, 15) is 20.2 Å². The van der Waals surface area contributed by atoms with E-state index >= 15 is 0 Å². The predicted octanol–water partition coefficient (Wildman–Crippen LogP) is 5.77. The molecule has 9 heteroatoms. The summed E-state index contributed by atoms with van der Waals surface area (Å²) in [6.07, 6.45) is 1.41. The molecule has 0 heterocycles. The van der Waals surface area contributed by atoms with Crippen LogP contribution < -0.4 is 14.8 Å². The van der Waals surface area contributed by atoms with Crippen LogP contribution in [0.4, 0.5) is 11.4 Å². The molecule has 3 aromatic rings. The molecule has 0 unspecified atom stereocenters. The van der Waals surface area contributed by atoms with Gasteiger partial charge >= 0.3 is 0 Å². The number of amides is 1. The van der Waals surface area contributed by atoms with Gasteiger partial charge in [0, 0.05) is 17.8 Å². The van der Waals surface area contributed by atoms with E-state index in [4.69, 9.17) is 21.1 Å². The molecule has 0 bridgehead atoms. The molecule has 3 aromatic carbocycles. The molecule has 0 fully saturated rings. The van der Waals surface area contributed by atoms with Gasteiger partial charge < -0.3 is 14.8 Å². The van der Waals surface area contributed by atoms with Crippen LogP contribution >= 0.6 is 11.6 Å². The zero-order chi connectivity index (χ0) is 24.5. The topological polar surface area (TPSA) is 114 Å². The second kappa shape index (κ2) is 11.5. The molecule has 3 rings (SSSR count). The van der Waals surface area contributed by atoms with Gasteiger partial charge in [-0.05, 0) is 60.5 Å². The van der Waals surface area contributed by atoms with E-state index in [1.54, 1.807) is 55.5 Å². The van der Waals surface area contributed by atoms with Crippen LogP contribution in [-0.4, -0.2) is 17.4 Å². The zero-order valence-corrected chi connectivity index (χ0v) is 18.9. The lowest BCUT2D eigenvalue weighted by Crippen LogP contribution is -2.13. The average Bonchev–Trinajstić information content (AvgIpc) is 2.83. The Bertz CT molecular complexity index is 1250. The van der Waals surface area contributed by atoms with Crippen molar-refractivity contribution in [3.8, 4) is 17.6 Å². The minimum absolute atomic E-state index is 0.0162. The van der Waals surface area contributed by atoms with Crippen LogP contribution in [0.5, 0.6) is 11.5 Å². The predicted molar refractivity (Wildman–Crippen MR) is 129 cm³/mol. The van der Waals surface area contributed by atoms with Crippen LogP contribution in [0.3, 0.4) is 0 Å². The van der Waals surface area contributed by atoms with Crippen LogP contribution in [-0.2, 0) is 11.4 Å². The number of non-ortho nitro benzene ring substituents is 1. The van der Waals surface area contributed by atoms with Crippen molar-refractivity contribution in [1.29, 1.82) is 5.26 Å². The van der Waals surface area contributed by atoms with Gasteiger partial charge in [0.1, 0.15) is 18.2 Å². The highest BCUT2D eigenvalue weighted by Crippen LogP contribution is 2.38. The first-order chi connectivity index (χ1) is 16.4. The van der Waals surface area contributed by atoms with E-state index in [1.165, 1.54) is 18.2 Å². The van der Waals surface area contributed by atoms with Gasteiger partial charge in [-0.1, -0.05) is 29.8 Å². The van der Waals surface area contributed by atoms with E-state index in [1.807, 2.05) is 12.1 Å². The molecule has 172 valence electrons. The number of benzene rings is 3. The third kappa shape index (κ3) is 6.34. The molecular weight excluding hydrogens is 458 g/mol. The SMILES string of the molecule is CCOc1cc(/C=C(\C#N)C(=O)Nc2ccccc2)cc(Cl)c1OCc1ccc([N+](=O)[O-])cc1. The Hall–Kier alpha value is -4.35. The molecule has 0 saturated heterocycles. The maximum Gasteiger partial charge on any atom is 0.269 e. The van der Waals surface area contributed by atoms with Gasteiger partial charge in [0.25, 0.3) is 11.6 Å². The highest BCUT2D eigenvalue weighted by atomic mass is 35.5. The Morgan fingerprint density at radius 3 is 2.47 bits per heavy atom. The Morgan fingerprint density at radius 1 is 1.15 bits per heavy atom. The average molecular weight is 478 g/mol. The molecular formula is C25H20ClN3O5. The Balaban J connectivity index is 1.82. The number of nitro benzene ring substituents is 1. The number of hydrogen-bond acceptors (Lipinski definition) is 6. The number of carbonyl (C=O) groups excluding carboxylic acids is 1. The van der Waals surface area contributed by atoms with E-state index in [-0.39, 0.29) is 28.6 Å². The summed E-state index contributed by atoms with van der Waals surface area (Å²) in [4.78, 5) is 22.8. The monoisotopic (exact) mass is 477 g/mol. The summed E-state index contributed by atoms with van der Waals surface area (Å²) >= 11 is 6.43. The Kier molecular flexibility index (Phi) is 8.21. The number of nitro groups is 1. The highest BCUT2D eigenvalue weighted by Gasteiger charge is 2.15. The number of ether oxygens (including phenoxy) is 2. The van der Waals surface area contributed by atoms with Crippen LogP contribution in [0, 0.1) is 21.4 Å². The van der Waals surface area contributed by atoms with Crippen molar-refractivity contribution < 1.29 is 19.2 Å². The van der Waals surface area contributed by atoms with Crippen molar-refractivity contribution in [3.63, 3.8) is 0 Å². The summed E-state index contributed by atoms with van der Waals surface area (Å²) in [5, 5.41) is 23.2. The number of hydrogen-bond donors (Lipinski definition) is 1. The second-order valence-electron chi connectivity index (χ2n) is 6.97. The Morgan fingerprint density at radius 2 is 1.85 bits per heavy atom. The van der Waals surface area contributed by atoms with Gasteiger partial charge in [-0.2, -0.15) is 5.26 Å². The lowest BCUT2D eigenvalue weighted by Gasteiger charge is -2.15. The zero-order valence-electron chi connectivity index (χ0n) is 18.2. The van der Waals surface area contributed by atoms with Crippen molar-refractivity contribution in [2.75, 3.05) is 11.9 Å². The number of anilines is 1. The van der Waals surface area contributed by atoms with E-state index < -0.39 is 10.8 Å². The van der Waals surface area contributed by atoms with Crippen molar-refractivity contribution >= 4 is 35.0 Å². The van der Waals surface area contributed by atoms with Gasteiger partial charge in [-0.3, -0.25) is 14.9 Å². The number of para-hydroxylation sites is 1. The molecule has 0 aromatic heterocycles. The fourth-order valence-corrected chi connectivity index (χ4v) is 3.25. The van der Waals surface area contributed by atoms with Crippen molar-refractivity contribution in [1.82, 2.24) is 0 Å². The number of carbonyl (C=O) groups is 1. The number of nitrogens with one attached hydrogen (secondary N) is 1. The Labute approximate surface area is 201 Å². The van der Waals surface area contributed by atoms with Crippen molar-refractivity contribution in [2.45, 2.75) is 13.5 Å². The summed E-state index contributed by atoms with van der Waals surface area (Å²) in [6.45, 7) is 2.23. The molecule has 0 spiro atoms. The van der Waals surface area contributed by atoms with Crippen molar-refractivity contribution in [2.24, 2.45) is 0 Å². The minimum atomic E-state index is -0.554. The van der Waals surface area contributed by atoms with Crippen LogP contribution in [0.1, 0.15) is 18.1 Å². The second-order valence-corrected chi connectivity index (χ2v) is 7.37. The number of halogens is 1. The highest BCUT2D eigenvalue weighted by molar-refractivity contribution is 6.32. The molecule has 0 saturated carbocycles. The van der Waals surface area contributed by atoms with E-state index in [2.05, 4.69) is 5.32 Å². The summed E-state index contributed by atoms with van der Waals surface area (Å²) in [7, 11) is 0. The van der Waals surface area contributed by atoms with Crippen molar-refractivity contribution in [3.05, 3.63) is 98.6 Å². The fraction of sp³-hybridized carbons (Fsp3) is 0.120. The minimum Gasteiger partial charge on any atom is -0.490 e. The van der Waals surface area contributed by atoms with Gasteiger partial charge in [0.05, 0.1) is 16.6 Å². The number of nitriles is 1. The fourth-order valence-electron chi connectivity index (χ4n) is 2.98. The largest absolute Gasteiger partial charge is 0.490 e. The molecule has 0 aliphatic rings. The lowest BCUT2D eigenvalue weighted by atomic mass is 10.1. The first-order valence-electron chi connectivity index (χ1n) is 10.2. The first-order valence-corrected chi connectivity index (χ1v) is 10.6. The molecule has 8 nitrogen and oxygen atoms in total. The molecule has 0 atom stereocenters. The summed E-state index contributed by atoms with van der Waals surface area (Å²) in [5.41, 5.74) is 1.63. The van der Waals surface area contributed by atoms with Gasteiger partial charge in [-0.15, -0.1) is 0 Å². The standard InChI is InChI=1S/C25H20ClN3O5/c1-2-33-23-14-18(12-19(15-27)25(30)28-20-6-4-3-5-7-20)13-22(26)24(23)34-16-17-8-10-21(11-9-17)29(31)32/h3-14H,2,16H2,1H3,(H,28,30)/b19-12+. The molecule has 0 radical (unpaired) electrons.